The van der Waals surface area contributed by atoms with Gasteiger partial charge in [-0.25, -0.2) is 8.42 Å². The van der Waals surface area contributed by atoms with E-state index in [-0.39, 0.29) is 16.9 Å². The van der Waals surface area contributed by atoms with E-state index >= 15 is 0 Å². The van der Waals surface area contributed by atoms with Crippen LogP contribution in [-0.2, 0) is 10.0 Å². The van der Waals surface area contributed by atoms with E-state index in [9.17, 15) is 8.42 Å². The average Bonchev–Trinajstić information content (AvgIpc) is 2.94. The van der Waals surface area contributed by atoms with Crippen molar-refractivity contribution in [3.8, 4) is 6.07 Å². The third kappa shape index (κ3) is 2.70. The van der Waals surface area contributed by atoms with Crippen LogP contribution in [0.25, 0.3) is 0 Å². The van der Waals surface area contributed by atoms with Crippen molar-refractivity contribution in [2.24, 2.45) is 11.7 Å². The Kier molecular flexibility index (Phi) is 4.43. The second-order valence-electron chi connectivity index (χ2n) is 5.15. The van der Waals surface area contributed by atoms with Crippen molar-refractivity contribution in [3.63, 3.8) is 0 Å². The molecule has 0 heterocycles. The molecule has 0 bridgehead atoms. The van der Waals surface area contributed by atoms with E-state index in [1.807, 2.05) is 6.07 Å². The fourth-order valence-corrected chi connectivity index (χ4v) is 4.26. The highest BCUT2D eigenvalue weighted by molar-refractivity contribution is 7.89. The Bertz CT molecular complexity index is 604. The van der Waals surface area contributed by atoms with Gasteiger partial charge in [0.1, 0.15) is 0 Å². The van der Waals surface area contributed by atoms with Crippen LogP contribution in [0, 0.1) is 17.2 Å². The Morgan fingerprint density at radius 3 is 2.55 bits per heavy atom. The summed E-state index contributed by atoms with van der Waals surface area (Å²) in [5.74, 6) is 0.230. The Morgan fingerprint density at radius 2 is 2.00 bits per heavy atom. The van der Waals surface area contributed by atoms with Gasteiger partial charge in [0.15, 0.2) is 0 Å². The number of hydrogen-bond acceptors (Lipinski definition) is 4. The van der Waals surface area contributed by atoms with E-state index < -0.39 is 10.0 Å². The maximum absolute atomic E-state index is 12.6. The summed E-state index contributed by atoms with van der Waals surface area (Å²) in [6.45, 7) is 0.512. The first-order chi connectivity index (χ1) is 9.50. The molecule has 2 N–H and O–H groups in total. The number of rotatable bonds is 4. The van der Waals surface area contributed by atoms with Gasteiger partial charge in [0, 0.05) is 13.1 Å². The highest BCUT2D eigenvalue weighted by Gasteiger charge is 2.35. The van der Waals surface area contributed by atoms with E-state index in [0.717, 1.165) is 19.3 Å². The van der Waals surface area contributed by atoms with Crippen LogP contribution in [0.5, 0.6) is 0 Å². The quantitative estimate of drug-likeness (QED) is 0.906. The first-order valence-corrected chi connectivity index (χ1v) is 8.13. The van der Waals surface area contributed by atoms with Crippen LogP contribution < -0.4 is 5.73 Å². The molecule has 6 heteroatoms. The second kappa shape index (κ2) is 5.92. The van der Waals surface area contributed by atoms with Crippen LogP contribution in [0.2, 0.25) is 0 Å². The lowest BCUT2D eigenvalue weighted by Crippen LogP contribution is -2.41. The standard InChI is InChI=1S/C14H19N3O2S/c1-17(14-4-2-3-12(14)10-16)20(18,19)13-7-5-11(9-15)6-8-13/h5-8,12,14H,2-4,10,16H2,1H3. The minimum absolute atomic E-state index is 0.0272. The summed E-state index contributed by atoms with van der Waals surface area (Å²) in [5, 5.41) is 8.76. The first-order valence-electron chi connectivity index (χ1n) is 6.69. The van der Waals surface area contributed by atoms with E-state index in [0.29, 0.717) is 12.1 Å². The van der Waals surface area contributed by atoms with E-state index in [1.165, 1.54) is 28.6 Å². The lowest BCUT2D eigenvalue weighted by atomic mass is 10.0. The van der Waals surface area contributed by atoms with Crippen molar-refractivity contribution >= 4 is 10.0 Å². The van der Waals surface area contributed by atoms with Crippen molar-refractivity contribution < 1.29 is 8.42 Å². The Hall–Kier alpha value is -1.42. The highest BCUT2D eigenvalue weighted by atomic mass is 32.2. The molecule has 1 aliphatic carbocycles. The number of benzene rings is 1. The fraction of sp³-hybridized carbons (Fsp3) is 0.500. The zero-order valence-corrected chi connectivity index (χ0v) is 12.3. The average molecular weight is 293 g/mol. The number of sulfonamides is 1. The van der Waals surface area contributed by atoms with Gasteiger partial charge in [0.2, 0.25) is 10.0 Å². The molecule has 2 unspecified atom stereocenters. The Morgan fingerprint density at radius 1 is 1.35 bits per heavy atom. The van der Waals surface area contributed by atoms with Crippen LogP contribution >= 0.6 is 0 Å². The predicted octanol–water partition coefficient (Wildman–Crippen LogP) is 1.31. The van der Waals surface area contributed by atoms with Gasteiger partial charge in [-0.2, -0.15) is 9.57 Å². The van der Waals surface area contributed by atoms with Gasteiger partial charge in [-0.15, -0.1) is 0 Å². The smallest absolute Gasteiger partial charge is 0.243 e. The van der Waals surface area contributed by atoms with Crippen molar-refractivity contribution in [1.82, 2.24) is 4.31 Å². The third-order valence-electron chi connectivity index (χ3n) is 4.05. The number of nitriles is 1. The van der Waals surface area contributed by atoms with E-state index in [2.05, 4.69) is 0 Å². The molecule has 0 saturated heterocycles. The zero-order chi connectivity index (χ0) is 14.8. The Labute approximate surface area is 120 Å². The lowest BCUT2D eigenvalue weighted by Gasteiger charge is -2.28. The number of nitrogens with two attached hydrogens (primary N) is 1. The molecule has 0 aromatic heterocycles. The number of nitrogens with zero attached hydrogens (tertiary/aromatic N) is 2. The van der Waals surface area contributed by atoms with Crippen molar-refractivity contribution in [2.45, 2.75) is 30.2 Å². The molecule has 0 radical (unpaired) electrons. The van der Waals surface area contributed by atoms with Crippen LogP contribution in [0.3, 0.4) is 0 Å². The van der Waals surface area contributed by atoms with Gasteiger partial charge in [0.05, 0.1) is 16.5 Å². The second-order valence-corrected chi connectivity index (χ2v) is 7.15. The van der Waals surface area contributed by atoms with Crippen LogP contribution in [-0.4, -0.2) is 32.4 Å². The summed E-state index contributed by atoms with van der Waals surface area (Å²) >= 11 is 0. The molecule has 1 aromatic carbocycles. The summed E-state index contributed by atoms with van der Waals surface area (Å²) in [6.07, 6.45) is 2.85. The van der Waals surface area contributed by atoms with Gasteiger partial charge >= 0.3 is 0 Å². The zero-order valence-electron chi connectivity index (χ0n) is 11.5. The maximum atomic E-state index is 12.6. The van der Waals surface area contributed by atoms with Gasteiger partial charge in [-0.3, -0.25) is 0 Å². The van der Waals surface area contributed by atoms with Crippen molar-refractivity contribution in [3.05, 3.63) is 29.8 Å². The summed E-state index contributed by atoms with van der Waals surface area (Å²) in [4.78, 5) is 0.224. The molecule has 1 fully saturated rings. The molecule has 1 saturated carbocycles. The third-order valence-corrected chi connectivity index (χ3v) is 5.95. The van der Waals surface area contributed by atoms with Gasteiger partial charge in [0.25, 0.3) is 0 Å². The normalized spacial score (nSPS) is 22.9. The number of hydrogen-bond donors (Lipinski definition) is 1. The topological polar surface area (TPSA) is 87.2 Å². The summed E-state index contributed by atoms with van der Waals surface area (Å²) in [6, 6.07) is 7.97. The molecule has 1 aliphatic rings. The SMILES string of the molecule is CN(C1CCCC1CN)S(=O)(=O)c1ccc(C#N)cc1. The maximum Gasteiger partial charge on any atom is 0.243 e. The largest absolute Gasteiger partial charge is 0.330 e. The molecule has 20 heavy (non-hydrogen) atoms. The minimum atomic E-state index is -3.52. The summed E-state index contributed by atoms with van der Waals surface area (Å²) in [5.41, 5.74) is 6.18. The van der Waals surface area contributed by atoms with Crippen LogP contribution in [0.1, 0.15) is 24.8 Å². The van der Waals surface area contributed by atoms with E-state index in [4.69, 9.17) is 11.0 Å². The molecule has 1 aromatic rings. The molecule has 108 valence electrons. The van der Waals surface area contributed by atoms with Gasteiger partial charge in [-0.1, -0.05) is 6.42 Å². The highest BCUT2D eigenvalue weighted by Crippen LogP contribution is 2.31. The molecule has 0 amide bonds. The molecule has 2 atom stereocenters. The Balaban J connectivity index is 2.27. The monoisotopic (exact) mass is 293 g/mol. The minimum Gasteiger partial charge on any atom is -0.330 e. The first kappa shape index (κ1) is 15.0. The van der Waals surface area contributed by atoms with Gasteiger partial charge < -0.3 is 5.73 Å². The van der Waals surface area contributed by atoms with Crippen molar-refractivity contribution in [1.29, 1.82) is 5.26 Å². The molecule has 2 rings (SSSR count). The summed E-state index contributed by atoms with van der Waals surface area (Å²) < 4.78 is 26.6. The fourth-order valence-electron chi connectivity index (χ4n) is 2.82. The predicted molar refractivity (Wildman–Crippen MR) is 76.3 cm³/mol. The molecular weight excluding hydrogens is 274 g/mol. The summed E-state index contributed by atoms with van der Waals surface area (Å²) in [7, 11) is -1.90. The van der Waals surface area contributed by atoms with Gasteiger partial charge in [-0.05, 0) is 49.6 Å². The van der Waals surface area contributed by atoms with Crippen molar-refractivity contribution in [2.75, 3.05) is 13.6 Å². The molecule has 0 spiro atoms. The van der Waals surface area contributed by atoms with Crippen LogP contribution in [0.15, 0.2) is 29.2 Å². The lowest BCUT2D eigenvalue weighted by molar-refractivity contribution is 0.304. The van der Waals surface area contributed by atoms with Crippen LogP contribution in [0.4, 0.5) is 0 Å². The molecule has 5 nitrogen and oxygen atoms in total. The van der Waals surface area contributed by atoms with E-state index in [1.54, 1.807) is 7.05 Å². The molecule has 0 aliphatic heterocycles. The molecular formula is C14H19N3O2S.